The third kappa shape index (κ3) is 3.68. The summed E-state index contributed by atoms with van der Waals surface area (Å²) in [5.41, 5.74) is 7.55. The summed E-state index contributed by atoms with van der Waals surface area (Å²) in [5.74, 6) is 0. The van der Waals surface area contributed by atoms with Crippen molar-refractivity contribution in [2.75, 3.05) is 12.3 Å². The van der Waals surface area contributed by atoms with Gasteiger partial charge in [0.15, 0.2) is 0 Å². The molecule has 2 N–H and O–H groups in total. The van der Waals surface area contributed by atoms with Crippen LogP contribution in [0.15, 0.2) is 22.7 Å². The van der Waals surface area contributed by atoms with E-state index in [-0.39, 0.29) is 0 Å². The molecule has 0 saturated carbocycles. The van der Waals surface area contributed by atoms with Gasteiger partial charge in [0.2, 0.25) is 0 Å². The number of hydrogen-bond donors (Lipinski definition) is 1. The minimum absolute atomic E-state index is 0.654. The lowest BCUT2D eigenvalue weighted by atomic mass is 10.2. The highest BCUT2D eigenvalue weighted by Gasteiger charge is 1.99. The van der Waals surface area contributed by atoms with Gasteiger partial charge in [-0.3, -0.25) is 0 Å². The van der Waals surface area contributed by atoms with Crippen molar-refractivity contribution < 1.29 is 4.74 Å². The number of rotatable bonds is 5. The maximum atomic E-state index is 5.63. The highest BCUT2D eigenvalue weighted by Crippen LogP contribution is 2.20. The molecule has 0 unspecified atom stereocenters. The molecule has 0 aliphatic rings. The second kappa shape index (κ2) is 6.04. The van der Waals surface area contributed by atoms with E-state index < -0.39 is 0 Å². The van der Waals surface area contributed by atoms with Gasteiger partial charge in [0, 0.05) is 16.8 Å². The number of benzene rings is 1. The molecule has 0 aliphatic heterocycles. The van der Waals surface area contributed by atoms with Gasteiger partial charge in [0.05, 0.1) is 6.61 Å². The van der Waals surface area contributed by atoms with Crippen LogP contribution in [0.5, 0.6) is 0 Å². The fourth-order valence-electron chi connectivity index (χ4n) is 1.11. The van der Waals surface area contributed by atoms with Crippen LogP contribution in [0.3, 0.4) is 0 Å². The number of anilines is 1. The van der Waals surface area contributed by atoms with Gasteiger partial charge in [-0.05, 0) is 24.1 Å². The molecular formula is C11H16BrNO. The Bertz CT molecular complexity index is 289. The Labute approximate surface area is 93.6 Å². The zero-order valence-electron chi connectivity index (χ0n) is 8.42. The molecule has 0 aromatic heterocycles. The van der Waals surface area contributed by atoms with E-state index in [0.29, 0.717) is 6.61 Å². The first-order valence-electron chi connectivity index (χ1n) is 4.85. The van der Waals surface area contributed by atoms with Crippen molar-refractivity contribution in [3.05, 3.63) is 28.2 Å². The van der Waals surface area contributed by atoms with Crippen molar-refractivity contribution >= 4 is 21.6 Å². The summed E-state index contributed by atoms with van der Waals surface area (Å²) in [6.07, 6.45) is 2.29. The number of unbranched alkanes of at least 4 members (excludes halogenated alkanes) is 1. The van der Waals surface area contributed by atoms with Crippen molar-refractivity contribution in [2.45, 2.75) is 26.4 Å². The molecule has 0 amide bonds. The van der Waals surface area contributed by atoms with Gasteiger partial charge >= 0.3 is 0 Å². The molecule has 0 fully saturated rings. The average molecular weight is 258 g/mol. The Morgan fingerprint density at radius 2 is 2.21 bits per heavy atom. The number of halogens is 1. The summed E-state index contributed by atoms with van der Waals surface area (Å²) >= 11 is 3.46. The minimum Gasteiger partial charge on any atom is -0.399 e. The first-order valence-corrected chi connectivity index (χ1v) is 5.65. The Balaban J connectivity index is 2.42. The topological polar surface area (TPSA) is 35.2 Å². The van der Waals surface area contributed by atoms with Crippen molar-refractivity contribution in [3.63, 3.8) is 0 Å². The molecule has 0 aliphatic carbocycles. The lowest BCUT2D eigenvalue weighted by Gasteiger charge is -2.06. The summed E-state index contributed by atoms with van der Waals surface area (Å²) in [7, 11) is 0. The third-order valence-corrected chi connectivity index (χ3v) is 2.72. The number of ether oxygens (including phenoxy) is 1. The van der Waals surface area contributed by atoms with E-state index in [1.54, 1.807) is 0 Å². The maximum absolute atomic E-state index is 5.63. The number of nitrogens with two attached hydrogens (primary N) is 1. The molecule has 0 atom stereocenters. The fourth-order valence-corrected chi connectivity index (χ4v) is 1.62. The molecule has 0 heterocycles. The number of hydrogen-bond acceptors (Lipinski definition) is 2. The van der Waals surface area contributed by atoms with Gasteiger partial charge in [0.1, 0.15) is 0 Å². The largest absolute Gasteiger partial charge is 0.399 e. The summed E-state index contributed by atoms with van der Waals surface area (Å²) < 4.78 is 6.53. The van der Waals surface area contributed by atoms with Gasteiger partial charge in [-0.25, -0.2) is 0 Å². The standard InChI is InChI=1S/C11H16BrNO/c1-2-3-6-14-8-9-4-5-10(13)7-11(9)12/h4-5,7H,2-3,6,8,13H2,1H3. The Hall–Kier alpha value is -0.540. The first kappa shape index (κ1) is 11.5. The van der Waals surface area contributed by atoms with Crippen molar-refractivity contribution in [1.82, 2.24) is 0 Å². The van der Waals surface area contributed by atoms with E-state index >= 15 is 0 Å². The predicted octanol–water partition coefficient (Wildman–Crippen LogP) is 3.35. The van der Waals surface area contributed by atoms with Crippen LogP contribution in [-0.2, 0) is 11.3 Å². The van der Waals surface area contributed by atoms with Crippen LogP contribution in [0.4, 0.5) is 5.69 Å². The van der Waals surface area contributed by atoms with Crippen LogP contribution in [-0.4, -0.2) is 6.61 Å². The van der Waals surface area contributed by atoms with Gasteiger partial charge < -0.3 is 10.5 Å². The second-order valence-corrected chi connectivity index (χ2v) is 4.11. The van der Waals surface area contributed by atoms with Crippen LogP contribution in [0.25, 0.3) is 0 Å². The van der Waals surface area contributed by atoms with E-state index in [2.05, 4.69) is 22.9 Å². The predicted molar refractivity (Wildman–Crippen MR) is 63.1 cm³/mol. The summed E-state index contributed by atoms with van der Waals surface area (Å²) in [6.45, 7) is 3.64. The quantitative estimate of drug-likeness (QED) is 0.649. The smallest absolute Gasteiger partial charge is 0.0727 e. The highest BCUT2D eigenvalue weighted by molar-refractivity contribution is 9.10. The molecule has 3 heteroatoms. The lowest BCUT2D eigenvalue weighted by molar-refractivity contribution is 0.117. The van der Waals surface area contributed by atoms with Crippen LogP contribution < -0.4 is 5.73 Å². The van der Waals surface area contributed by atoms with Gasteiger partial charge in [-0.1, -0.05) is 35.3 Å². The SMILES string of the molecule is CCCCOCc1ccc(N)cc1Br. The van der Waals surface area contributed by atoms with Crippen LogP contribution in [0, 0.1) is 0 Å². The van der Waals surface area contributed by atoms with Gasteiger partial charge in [-0.2, -0.15) is 0 Å². The summed E-state index contributed by atoms with van der Waals surface area (Å²) in [6, 6.07) is 5.78. The molecule has 0 bridgehead atoms. The zero-order valence-corrected chi connectivity index (χ0v) is 10.0. The van der Waals surface area contributed by atoms with E-state index in [1.807, 2.05) is 18.2 Å². The van der Waals surface area contributed by atoms with Crippen LogP contribution in [0.2, 0.25) is 0 Å². The highest BCUT2D eigenvalue weighted by atomic mass is 79.9. The summed E-state index contributed by atoms with van der Waals surface area (Å²) in [4.78, 5) is 0. The van der Waals surface area contributed by atoms with E-state index in [9.17, 15) is 0 Å². The Kier molecular flexibility index (Phi) is 4.98. The van der Waals surface area contributed by atoms with Crippen LogP contribution in [0.1, 0.15) is 25.3 Å². The molecule has 0 radical (unpaired) electrons. The molecule has 0 spiro atoms. The normalized spacial score (nSPS) is 10.4. The fraction of sp³-hybridized carbons (Fsp3) is 0.455. The maximum Gasteiger partial charge on any atom is 0.0727 e. The van der Waals surface area contributed by atoms with E-state index in [4.69, 9.17) is 10.5 Å². The van der Waals surface area contributed by atoms with E-state index in [1.165, 1.54) is 6.42 Å². The monoisotopic (exact) mass is 257 g/mol. The molecule has 14 heavy (non-hydrogen) atoms. The second-order valence-electron chi connectivity index (χ2n) is 3.26. The molecule has 78 valence electrons. The molecule has 1 aromatic carbocycles. The van der Waals surface area contributed by atoms with Gasteiger partial charge in [-0.15, -0.1) is 0 Å². The van der Waals surface area contributed by atoms with Crippen molar-refractivity contribution in [2.24, 2.45) is 0 Å². The first-order chi connectivity index (χ1) is 6.74. The molecule has 1 rings (SSSR count). The molecule has 1 aromatic rings. The Morgan fingerprint density at radius 1 is 1.43 bits per heavy atom. The molecule has 0 saturated heterocycles. The average Bonchev–Trinajstić information content (AvgIpc) is 2.15. The van der Waals surface area contributed by atoms with Crippen molar-refractivity contribution in [3.8, 4) is 0 Å². The lowest BCUT2D eigenvalue weighted by Crippen LogP contribution is -1.96. The van der Waals surface area contributed by atoms with E-state index in [0.717, 1.165) is 28.8 Å². The molecule has 2 nitrogen and oxygen atoms in total. The molecular weight excluding hydrogens is 242 g/mol. The Morgan fingerprint density at radius 3 is 2.86 bits per heavy atom. The zero-order chi connectivity index (χ0) is 10.4. The van der Waals surface area contributed by atoms with Crippen LogP contribution >= 0.6 is 15.9 Å². The van der Waals surface area contributed by atoms with Gasteiger partial charge in [0.25, 0.3) is 0 Å². The minimum atomic E-state index is 0.654. The summed E-state index contributed by atoms with van der Waals surface area (Å²) in [5, 5.41) is 0. The number of nitrogen functional groups attached to an aromatic ring is 1. The van der Waals surface area contributed by atoms with Crippen molar-refractivity contribution in [1.29, 1.82) is 0 Å². The third-order valence-electron chi connectivity index (χ3n) is 1.98.